The van der Waals surface area contributed by atoms with Gasteiger partial charge >= 0.3 is 0 Å². The first-order chi connectivity index (χ1) is 8.52. The number of nitrogens with one attached hydrogen (secondary N) is 1. The maximum Gasteiger partial charge on any atom is 0.137 e. The zero-order chi connectivity index (χ0) is 13.2. The topological polar surface area (TPSA) is 30.5 Å². The van der Waals surface area contributed by atoms with Gasteiger partial charge in [0.05, 0.1) is 24.3 Å². The van der Waals surface area contributed by atoms with Crippen molar-refractivity contribution in [3.05, 3.63) is 28.8 Å². The third kappa shape index (κ3) is 3.16. The van der Waals surface area contributed by atoms with Gasteiger partial charge in [0.15, 0.2) is 0 Å². The number of halogens is 1. The molecule has 1 heterocycles. The summed E-state index contributed by atoms with van der Waals surface area (Å²) >= 11 is 6.18. The molecule has 1 aromatic rings. The maximum atomic E-state index is 6.18. The van der Waals surface area contributed by atoms with Crippen molar-refractivity contribution in [3.8, 4) is 5.75 Å². The average Bonchev–Trinajstić information content (AvgIpc) is 2.32. The summed E-state index contributed by atoms with van der Waals surface area (Å²) in [4.78, 5) is 0. The molecule has 0 saturated carbocycles. The average molecular weight is 270 g/mol. The highest BCUT2D eigenvalue weighted by molar-refractivity contribution is 6.32. The number of hydrogen-bond donors (Lipinski definition) is 1. The third-order valence-corrected chi connectivity index (χ3v) is 3.33. The van der Waals surface area contributed by atoms with E-state index in [1.54, 1.807) is 0 Å². The van der Waals surface area contributed by atoms with Crippen LogP contribution in [0, 0.1) is 0 Å². The van der Waals surface area contributed by atoms with Crippen molar-refractivity contribution < 1.29 is 9.47 Å². The first-order valence-electron chi connectivity index (χ1n) is 6.31. The summed E-state index contributed by atoms with van der Waals surface area (Å²) in [5, 5.41) is 4.11. The van der Waals surface area contributed by atoms with E-state index in [9.17, 15) is 0 Å². The van der Waals surface area contributed by atoms with E-state index in [-0.39, 0.29) is 11.6 Å². The molecule has 1 unspecified atom stereocenters. The Bertz CT molecular complexity index is 410. The van der Waals surface area contributed by atoms with E-state index in [0.717, 1.165) is 17.9 Å². The molecule has 0 spiro atoms. The molecule has 1 aromatic carbocycles. The molecule has 3 nitrogen and oxygen atoms in total. The quantitative estimate of drug-likeness (QED) is 0.914. The Kier molecular flexibility index (Phi) is 4.15. The molecule has 4 heteroatoms. The van der Waals surface area contributed by atoms with Crippen molar-refractivity contribution in [2.75, 3.05) is 19.8 Å². The predicted molar refractivity (Wildman–Crippen MR) is 73.4 cm³/mol. The van der Waals surface area contributed by atoms with Gasteiger partial charge < -0.3 is 14.8 Å². The molecule has 0 amide bonds. The van der Waals surface area contributed by atoms with E-state index in [1.807, 2.05) is 25.1 Å². The van der Waals surface area contributed by atoms with Crippen LogP contribution in [0.4, 0.5) is 0 Å². The molecule has 1 saturated heterocycles. The molecule has 1 N–H and O–H groups in total. The van der Waals surface area contributed by atoms with Gasteiger partial charge in [-0.2, -0.15) is 0 Å². The SMILES string of the molecule is CCOc1ccc(C2CNC(C)(C)CO2)cc1Cl. The van der Waals surface area contributed by atoms with Crippen molar-refractivity contribution in [2.45, 2.75) is 32.4 Å². The third-order valence-electron chi connectivity index (χ3n) is 3.04. The monoisotopic (exact) mass is 269 g/mol. The van der Waals surface area contributed by atoms with E-state index in [1.165, 1.54) is 0 Å². The van der Waals surface area contributed by atoms with Crippen LogP contribution in [0.15, 0.2) is 18.2 Å². The van der Waals surface area contributed by atoms with Gasteiger partial charge in [0.2, 0.25) is 0 Å². The van der Waals surface area contributed by atoms with Crippen molar-refractivity contribution in [1.82, 2.24) is 5.32 Å². The lowest BCUT2D eigenvalue weighted by atomic mass is 10.0. The van der Waals surface area contributed by atoms with E-state index in [2.05, 4.69) is 19.2 Å². The maximum absolute atomic E-state index is 6.18. The number of rotatable bonds is 3. The summed E-state index contributed by atoms with van der Waals surface area (Å²) in [6, 6.07) is 5.85. The highest BCUT2D eigenvalue weighted by Crippen LogP contribution is 2.30. The minimum absolute atomic E-state index is 0.0472. The summed E-state index contributed by atoms with van der Waals surface area (Å²) in [6.07, 6.45) is 0.0613. The van der Waals surface area contributed by atoms with Crippen LogP contribution in [-0.4, -0.2) is 25.3 Å². The number of benzene rings is 1. The summed E-state index contributed by atoms with van der Waals surface area (Å²) in [7, 11) is 0. The van der Waals surface area contributed by atoms with E-state index in [4.69, 9.17) is 21.1 Å². The number of hydrogen-bond acceptors (Lipinski definition) is 3. The summed E-state index contributed by atoms with van der Waals surface area (Å²) < 4.78 is 11.3. The molecule has 0 aromatic heterocycles. The van der Waals surface area contributed by atoms with Gasteiger partial charge in [-0.1, -0.05) is 17.7 Å². The van der Waals surface area contributed by atoms with Crippen molar-refractivity contribution in [3.63, 3.8) is 0 Å². The lowest BCUT2D eigenvalue weighted by Crippen LogP contribution is -2.50. The summed E-state index contributed by atoms with van der Waals surface area (Å²) in [6.45, 7) is 8.33. The fourth-order valence-corrected chi connectivity index (χ4v) is 2.24. The van der Waals surface area contributed by atoms with Gasteiger partial charge in [0.25, 0.3) is 0 Å². The summed E-state index contributed by atoms with van der Waals surface area (Å²) in [5.74, 6) is 0.729. The zero-order valence-electron chi connectivity index (χ0n) is 11.1. The van der Waals surface area contributed by atoms with Crippen LogP contribution in [0.25, 0.3) is 0 Å². The highest BCUT2D eigenvalue weighted by Gasteiger charge is 2.27. The molecule has 1 atom stereocenters. The standard InChI is InChI=1S/C14H20ClNO2/c1-4-17-12-6-5-10(7-11(12)15)13-8-16-14(2,3)9-18-13/h5-7,13,16H,4,8-9H2,1-3H3. The summed E-state index contributed by atoms with van der Waals surface area (Å²) in [5.41, 5.74) is 1.14. The second kappa shape index (κ2) is 5.47. The minimum Gasteiger partial charge on any atom is -0.492 e. The van der Waals surface area contributed by atoms with E-state index < -0.39 is 0 Å². The molecule has 1 aliphatic rings. The number of morpholine rings is 1. The van der Waals surface area contributed by atoms with Gasteiger partial charge in [0.1, 0.15) is 5.75 Å². The smallest absolute Gasteiger partial charge is 0.137 e. The van der Waals surface area contributed by atoms with Crippen LogP contribution < -0.4 is 10.1 Å². The normalized spacial score (nSPS) is 22.8. The van der Waals surface area contributed by atoms with Gasteiger partial charge in [-0.15, -0.1) is 0 Å². The lowest BCUT2D eigenvalue weighted by Gasteiger charge is -2.36. The largest absolute Gasteiger partial charge is 0.492 e. The second-order valence-corrected chi connectivity index (χ2v) is 5.59. The molecular weight excluding hydrogens is 250 g/mol. The molecule has 18 heavy (non-hydrogen) atoms. The predicted octanol–water partition coefficient (Wildman–Crippen LogP) is 3.18. The Morgan fingerprint density at radius 2 is 2.28 bits per heavy atom. The van der Waals surface area contributed by atoms with Crippen molar-refractivity contribution in [1.29, 1.82) is 0 Å². The van der Waals surface area contributed by atoms with Gasteiger partial charge in [-0.3, -0.25) is 0 Å². The lowest BCUT2D eigenvalue weighted by molar-refractivity contribution is -0.0229. The van der Waals surface area contributed by atoms with E-state index >= 15 is 0 Å². The van der Waals surface area contributed by atoms with Gasteiger partial charge in [-0.05, 0) is 38.5 Å². The fraction of sp³-hybridized carbons (Fsp3) is 0.571. The zero-order valence-corrected chi connectivity index (χ0v) is 11.9. The van der Waals surface area contributed by atoms with Crippen molar-refractivity contribution >= 4 is 11.6 Å². The second-order valence-electron chi connectivity index (χ2n) is 5.19. The molecular formula is C14H20ClNO2. The Hall–Kier alpha value is -0.770. The van der Waals surface area contributed by atoms with Gasteiger partial charge in [0, 0.05) is 12.1 Å². The van der Waals surface area contributed by atoms with Crippen LogP contribution >= 0.6 is 11.6 Å². The Morgan fingerprint density at radius 3 is 2.83 bits per heavy atom. The van der Waals surface area contributed by atoms with Crippen LogP contribution in [0.5, 0.6) is 5.75 Å². The Balaban J connectivity index is 2.08. The Labute approximate surface area is 113 Å². The van der Waals surface area contributed by atoms with E-state index in [0.29, 0.717) is 18.2 Å². The van der Waals surface area contributed by atoms with Crippen molar-refractivity contribution in [2.24, 2.45) is 0 Å². The molecule has 2 rings (SSSR count). The minimum atomic E-state index is 0.0472. The Morgan fingerprint density at radius 1 is 1.50 bits per heavy atom. The van der Waals surface area contributed by atoms with Crippen LogP contribution in [0.1, 0.15) is 32.4 Å². The first kappa shape index (κ1) is 13.7. The molecule has 0 aliphatic carbocycles. The van der Waals surface area contributed by atoms with Crippen LogP contribution in [-0.2, 0) is 4.74 Å². The molecule has 1 aliphatic heterocycles. The number of ether oxygens (including phenoxy) is 2. The highest BCUT2D eigenvalue weighted by atomic mass is 35.5. The molecule has 1 fully saturated rings. The molecule has 0 bridgehead atoms. The van der Waals surface area contributed by atoms with Crippen LogP contribution in [0.3, 0.4) is 0 Å². The molecule has 0 radical (unpaired) electrons. The van der Waals surface area contributed by atoms with Crippen LogP contribution in [0.2, 0.25) is 5.02 Å². The molecule has 100 valence electrons. The first-order valence-corrected chi connectivity index (χ1v) is 6.68. The van der Waals surface area contributed by atoms with Gasteiger partial charge in [-0.25, -0.2) is 0 Å². The fourth-order valence-electron chi connectivity index (χ4n) is 1.99.